The summed E-state index contributed by atoms with van der Waals surface area (Å²) in [5, 5.41) is 10.9. The number of nitrogens with one attached hydrogen (secondary N) is 1. The maximum atomic E-state index is 12.6. The van der Waals surface area contributed by atoms with Crippen molar-refractivity contribution in [2.45, 2.75) is 50.2 Å². The quantitative estimate of drug-likeness (QED) is 0.771. The fourth-order valence-corrected chi connectivity index (χ4v) is 3.03. The van der Waals surface area contributed by atoms with Gasteiger partial charge in [-0.25, -0.2) is 0 Å². The second-order valence-corrected chi connectivity index (χ2v) is 6.35. The highest BCUT2D eigenvalue weighted by Gasteiger charge is 2.39. The molecule has 1 aromatic rings. The summed E-state index contributed by atoms with van der Waals surface area (Å²) in [5.74, 6) is 2.33. The SMILES string of the molecule is C#CCCC1(CCC(=O)NC2CCCN(c3cccnc3)C2=O)N=N1. The normalized spacial score (nSPS) is 20.8. The third kappa shape index (κ3) is 4.21. The van der Waals surface area contributed by atoms with Crippen LogP contribution in [0.3, 0.4) is 0 Å². The Kier molecular flexibility index (Phi) is 5.08. The average molecular weight is 339 g/mol. The monoisotopic (exact) mass is 339 g/mol. The predicted molar refractivity (Wildman–Crippen MR) is 92.6 cm³/mol. The summed E-state index contributed by atoms with van der Waals surface area (Å²) in [4.78, 5) is 30.6. The van der Waals surface area contributed by atoms with E-state index in [9.17, 15) is 9.59 Å². The molecule has 0 aliphatic carbocycles. The van der Waals surface area contributed by atoms with Crippen LogP contribution in [0, 0.1) is 12.3 Å². The van der Waals surface area contributed by atoms with Crippen LogP contribution in [0.15, 0.2) is 34.8 Å². The maximum Gasteiger partial charge on any atom is 0.249 e. The number of carbonyl (C=O) groups excluding carboxylic acids is 2. The average Bonchev–Trinajstić information content (AvgIpc) is 3.41. The zero-order valence-corrected chi connectivity index (χ0v) is 14.0. The lowest BCUT2D eigenvalue weighted by molar-refractivity contribution is -0.128. The lowest BCUT2D eigenvalue weighted by Gasteiger charge is -2.32. The van der Waals surface area contributed by atoms with Gasteiger partial charge in [0, 0.05) is 38.4 Å². The molecule has 1 N–H and O–H groups in total. The molecule has 0 saturated carbocycles. The number of rotatable bonds is 7. The van der Waals surface area contributed by atoms with Gasteiger partial charge in [0.05, 0.1) is 11.9 Å². The lowest BCUT2D eigenvalue weighted by atomic mass is 10.0. The fraction of sp³-hybridized carbons (Fsp3) is 0.500. The summed E-state index contributed by atoms with van der Waals surface area (Å²) in [6.07, 6.45) is 12.2. The van der Waals surface area contributed by atoms with E-state index in [1.807, 2.05) is 6.07 Å². The molecule has 130 valence electrons. The van der Waals surface area contributed by atoms with Gasteiger partial charge in [0.25, 0.3) is 0 Å². The van der Waals surface area contributed by atoms with Crippen molar-refractivity contribution in [1.82, 2.24) is 10.3 Å². The van der Waals surface area contributed by atoms with Crippen LogP contribution in [-0.2, 0) is 9.59 Å². The Bertz CT molecular complexity index is 704. The van der Waals surface area contributed by atoms with Crippen molar-refractivity contribution < 1.29 is 9.59 Å². The van der Waals surface area contributed by atoms with E-state index in [1.54, 1.807) is 23.4 Å². The number of amides is 2. The molecule has 1 atom stereocenters. The van der Waals surface area contributed by atoms with Crippen LogP contribution in [0.25, 0.3) is 0 Å². The molecule has 0 radical (unpaired) electrons. The number of hydrogen-bond donors (Lipinski definition) is 1. The molecule has 1 unspecified atom stereocenters. The zero-order valence-electron chi connectivity index (χ0n) is 14.0. The number of aromatic nitrogens is 1. The predicted octanol–water partition coefficient (Wildman–Crippen LogP) is 2.05. The highest BCUT2D eigenvalue weighted by atomic mass is 16.2. The van der Waals surface area contributed by atoms with Gasteiger partial charge in [-0.05, 0) is 25.0 Å². The first-order valence-corrected chi connectivity index (χ1v) is 8.52. The molecule has 7 nitrogen and oxygen atoms in total. The van der Waals surface area contributed by atoms with Crippen molar-refractivity contribution in [3.8, 4) is 12.3 Å². The molecule has 2 aliphatic rings. The standard InChI is InChI=1S/C18H21N5O2/c1-2-3-9-18(21-22-18)10-8-16(24)20-15-7-5-12-23(17(15)25)14-6-4-11-19-13-14/h1,4,6,11,13,15H,3,5,7-10,12H2,(H,20,24). The lowest BCUT2D eigenvalue weighted by Crippen LogP contribution is -2.52. The Hall–Kier alpha value is -2.75. The first-order chi connectivity index (χ1) is 12.1. The number of piperidine rings is 1. The molecule has 0 bridgehead atoms. The van der Waals surface area contributed by atoms with E-state index in [2.05, 4.69) is 26.4 Å². The fourth-order valence-electron chi connectivity index (χ4n) is 3.03. The summed E-state index contributed by atoms with van der Waals surface area (Å²) in [5.41, 5.74) is 0.289. The number of hydrogen-bond acceptors (Lipinski definition) is 5. The van der Waals surface area contributed by atoms with E-state index >= 15 is 0 Å². The number of carbonyl (C=O) groups is 2. The van der Waals surface area contributed by atoms with Crippen molar-refractivity contribution in [3.63, 3.8) is 0 Å². The second-order valence-electron chi connectivity index (χ2n) is 6.35. The molecule has 0 aromatic carbocycles. The highest BCUT2D eigenvalue weighted by molar-refractivity contribution is 5.99. The molecular weight excluding hydrogens is 318 g/mol. The third-order valence-electron chi connectivity index (χ3n) is 4.54. The van der Waals surface area contributed by atoms with Gasteiger partial charge in [0.2, 0.25) is 11.8 Å². The van der Waals surface area contributed by atoms with Crippen molar-refractivity contribution in [1.29, 1.82) is 0 Å². The Morgan fingerprint density at radius 1 is 1.44 bits per heavy atom. The van der Waals surface area contributed by atoms with Crippen molar-refractivity contribution in [2.24, 2.45) is 10.2 Å². The smallest absolute Gasteiger partial charge is 0.249 e. The largest absolute Gasteiger partial charge is 0.344 e. The van der Waals surface area contributed by atoms with E-state index in [0.29, 0.717) is 32.2 Å². The summed E-state index contributed by atoms with van der Waals surface area (Å²) >= 11 is 0. The molecule has 2 amide bonds. The van der Waals surface area contributed by atoms with E-state index in [4.69, 9.17) is 6.42 Å². The first kappa shape index (κ1) is 17.1. The number of nitrogens with zero attached hydrogens (tertiary/aromatic N) is 4. The Morgan fingerprint density at radius 3 is 2.96 bits per heavy atom. The van der Waals surface area contributed by atoms with E-state index < -0.39 is 11.7 Å². The molecule has 7 heteroatoms. The van der Waals surface area contributed by atoms with Crippen molar-refractivity contribution >= 4 is 17.5 Å². The van der Waals surface area contributed by atoms with Gasteiger partial charge < -0.3 is 10.2 Å². The van der Waals surface area contributed by atoms with Crippen LogP contribution < -0.4 is 10.2 Å². The second kappa shape index (κ2) is 7.43. The van der Waals surface area contributed by atoms with Gasteiger partial charge in [-0.15, -0.1) is 12.3 Å². The van der Waals surface area contributed by atoms with E-state index in [1.165, 1.54) is 0 Å². The minimum Gasteiger partial charge on any atom is -0.344 e. The van der Waals surface area contributed by atoms with Crippen LogP contribution >= 0.6 is 0 Å². The molecular formula is C18H21N5O2. The number of anilines is 1. The third-order valence-corrected chi connectivity index (χ3v) is 4.54. The molecule has 3 rings (SSSR count). The molecule has 1 aromatic heterocycles. The molecule has 25 heavy (non-hydrogen) atoms. The van der Waals surface area contributed by atoms with Crippen LogP contribution in [0.4, 0.5) is 5.69 Å². The van der Waals surface area contributed by atoms with Gasteiger partial charge in [0.15, 0.2) is 5.66 Å². The van der Waals surface area contributed by atoms with Gasteiger partial charge in [-0.2, -0.15) is 10.2 Å². The van der Waals surface area contributed by atoms with Gasteiger partial charge in [-0.3, -0.25) is 14.6 Å². The Balaban J connectivity index is 1.51. The molecule has 3 heterocycles. The number of pyridine rings is 1. The summed E-state index contributed by atoms with van der Waals surface area (Å²) in [6.45, 7) is 0.643. The summed E-state index contributed by atoms with van der Waals surface area (Å²) in [6, 6.07) is 3.15. The highest BCUT2D eigenvalue weighted by Crippen LogP contribution is 2.37. The van der Waals surface area contributed by atoms with Crippen molar-refractivity contribution in [3.05, 3.63) is 24.5 Å². The number of terminal acetylenes is 1. The molecule has 0 spiro atoms. The van der Waals surface area contributed by atoms with Crippen LogP contribution in [-0.4, -0.2) is 35.0 Å². The van der Waals surface area contributed by atoms with Gasteiger partial charge in [0.1, 0.15) is 6.04 Å². The topological polar surface area (TPSA) is 87.0 Å². The van der Waals surface area contributed by atoms with Crippen molar-refractivity contribution in [2.75, 3.05) is 11.4 Å². The minimum absolute atomic E-state index is 0.0876. The van der Waals surface area contributed by atoms with E-state index in [-0.39, 0.29) is 18.2 Å². The summed E-state index contributed by atoms with van der Waals surface area (Å²) < 4.78 is 0. The first-order valence-electron chi connectivity index (χ1n) is 8.52. The molecule has 1 saturated heterocycles. The Morgan fingerprint density at radius 2 is 2.28 bits per heavy atom. The van der Waals surface area contributed by atoms with Gasteiger partial charge >= 0.3 is 0 Å². The maximum absolute atomic E-state index is 12.6. The summed E-state index contributed by atoms with van der Waals surface area (Å²) in [7, 11) is 0. The van der Waals surface area contributed by atoms with Crippen LogP contribution in [0.2, 0.25) is 0 Å². The molecule has 2 aliphatic heterocycles. The van der Waals surface area contributed by atoms with E-state index in [0.717, 1.165) is 12.1 Å². The van der Waals surface area contributed by atoms with Crippen LogP contribution in [0.1, 0.15) is 38.5 Å². The van der Waals surface area contributed by atoms with Crippen LogP contribution in [0.5, 0.6) is 0 Å². The zero-order chi connectivity index (χ0) is 17.7. The van der Waals surface area contributed by atoms with Gasteiger partial charge in [-0.1, -0.05) is 0 Å². The minimum atomic E-state index is -0.490. The molecule has 1 fully saturated rings. The Labute approximate surface area is 146 Å².